The summed E-state index contributed by atoms with van der Waals surface area (Å²) in [6.07, 6.45) is 0. The zero-order valence-electron chi connectivity index (χ0n) is 3.23. The van der Waals surface area contributed by atoms with Crippen LogP contribution in [-0.4, -0.2) is 4.55 Å². The standard InChI is InChI=1S/H4N2O4S/c1-5-7(3,4)6-2/h1-2H2/p+1. The summed E-state index contributed by atoms with van der Waals surface area (Å²) in [6, 6.07) is 0. The van der Waals surface area contributed by atoms with Gasteiger partial charge in [0, 0.05) is 4.21 Å². The topological polar surface area (TPSA) is 108 Å². The lowest BCUT2D eigenvalue weighted by Gasteiger charge is -1.87. The van der Waals surface area contributed by atoms with Crippen molar-refractivity contribution in [1.82, 2.24) is 0 Å². The van der Waals surface area contributed by atoms with Crippen LogP contribution >= 0.6 is 0 Å². The molecule has 0 rings (SSSR count). The molecule has 0 saturated carbocycles. The Morgan fingerprint density at radius 1 is 1.43 bits per heavy atom. The highest BCUT2D eigenvalue weighted by Gasteiger charge is 2.26. The molecule has 0 unspecified atom stereocenters. The van der Waals surface area contributed by atoms with Gasteiger partial charge in [0.25, 0.3) is 0 Å². The molecule has 7 heavy (non-hydrogen) atoms. The van der Waals surface area contributed by atoms with Crippen molar-refractivity contribution >= 4 is 10.8 Å². The minimum Gasteiger partial charge on any atom is -0.158 e. The summed E-state index contributed by atoms with van der Waals surface area (Å²) in [4.78, 5) is 0. The van der Waals surface area contributed by atoms with Crippen molar-refractivity contribution in [3.63, 3.8) is 0 Å². The van der Waals surface area contributed by atoms with Crippen LogP contribution in [0.15, 0.2) is 0 Å². The maximum Gasteiger partial charge on any atom is 0.545 e. The van der Waals surface area contributed by atoms with E-state index in [0.717, 1.165) is 0 Å². The molecule has 5 N–H and O–H groups in total. The van der Waals surface area contributed by atoms with Crippen molar-refractivity contribution in [1.29, 1.82) is 0 Å². The van der Waals surface area contributed by atoms with Crippen LogP contribution in [0.3, 0.4) is 0 Å². The first-order chi connectivity index (χ1) is 3.12. The molecule has 0 saturated heterocycles. The second-order valence-corrected chi connectivity index (χ2v) is 1.86. The summed E-state index contributed by atoms with van der Waals surface area (Å²) in [7, 11) is -3.85. The van der Waals surface area contributed by atoms with Gasteiger partial charge in [0.05, 0.1) is 0 Å². The van der Waals surface area contributed by atoms with Gasteiger partial charge in [-0.25, -0.2) is 0 Å². The third kappa shape index (κ3) is 2.62. The van der Waals surface area contributed by atoms with Gasteiger partial charge < -0.3 is 0 Å². The molecular weight excluding hydrogens is 124 g/mol. The van der Waals surface area contributed by atoms with Gasteiger partial charge in [0.15, 0.2) is 0 Å². The third-order valence-corrected chi connectivity index (χ3v) is 0.730. The molecule has 0 amide bonds. The molecule has 0 aliphatic rings. The predicted molar refractivity (Wildman–Crippen MR) is 21.2 cm³/mol. The fourth-order valence-electron chi connectivity index (χ4n) is 0.0227. The van der Waals surface area contributed by atoms with Crippen LogP contribution in [0.5, 0.6) is 0 Å². The van der Waals surface area contributed by atoms with Crippen molar-refractivity contribution in [3.8, 4) is 0 Å². The quantitative estimate of drug-likeness (QED) is 0.311. The summed E-state index contributed by atoms with van der Waals surface area (Å²) in [5.41, 5.74) is 0. The van der Waals surface area contributed by atoms with Crippen LogP contribution in [0.2, 0.25) is 0 Å². The van der Waals surface area contributed by atoms with Crippen LogP contribution < -0.4 is 11.8 Å². The molecule has 0 aliphatic heterocycles. The lowest BCUT2D eigenvalue weighted by atomic mass is 13.6. The maximum absolute atomic E-state index is 9.78. The number of hydrogen-bond donors (Lipinski definition) is 3. The van der Waals surface area contributed by atoms with E-state index in [1.54, 1.807) is 0 Å². The van der Waals surface area contributed by atoms with Crippen molar-refractivity contribution < 1.29 is 17.3 Å². The Bertz CT molecular complexity index is 81.7. The first-order valence-electron chi connectivity index (χ1n) is 1.15. The van der Waals surface area contributed by atoms with Crippen LogP contribution in [-0.2, 0) is 23.6 Å². The molecule has 0 atom stereocenters. The fraction of sp³-hybridized carbons (Fsp3) is 0. The van der Waals surface area contributed by atoms with E-state index in [4.69, 9.17) is 4.55 Å². The second-order valence-electron chi connectivity index (χ2n) is 0.620. The average molecular weight is 129 g/mol. The fourth-order valence-corrected chi connectivity index (χ4v) is 0.0680. The molecule has 7 heteroatoms. The Morgan fingerprint density at radius 3 is 1.71 bits per heavy atom. The second kappa shape index (κ2) is 2.31. The molecular formula is H5N2O4S+. The molecule has 6 nitrogen and oxygen atoms in total. The van der Waals surface area contributed by atoms with Crippen LogP contribution in [0, 0.1) is 0 Å². The molecule has 0 aliphatic carbocycles. The van der Waals surface area contributed by atoms with Gasteiger partial charge in [-0.15, -0.1) is 4.55 Å². The number of rotatable bonds is 2. The van der Waals surface area contributed by atoms with Crippen molar-refractivity contribution in [3.05, 3.63) is 0 Å². The monoisotopic (exact) mass is 129 g/mol. The zero-order valence-corrected chi connectivity index (χ0v) is 4.05. The lowest BCUT2D eigenvalue weighted by molar-refractivity contribution is 0.178. The lowest BCUT2D eigenvalue weighted by Crippen LogP contribution is -2.24. The van der Waals surface area contributed by atoms with Gasteiger partial charge in [-0.1, -0.05) is 0 Å². The average Bonchev–Trinajstić information content (AvgIpc) is 1.68. The van der Waals surface area contributed by atoms with Crippen LogP contribution in [0.4, 0.5) is 0 Å². The van der Waals surface area contributed by atoms with Gasteiger partial charge in [-0.3, -0.25) is 0 Å². The maximum atomic E-state index is 9.78. The van der Waals surface area contributed by atoms with E-state index in [1.807, 2.05) is 0 Å². The van der Waals surface area contributed by atoms with Gasteiger partial charge in [-0.2, -0.15) is 11.8 Å². The highest BCUT2D eigenvalue weighted by molar-refractivity contribution is 7.88. The normalized spacial score (nSPS) is 11.9. The molecule has 0 heterocycles. The summed E-state index contributed by atoms with van der Waals surface area (Å²) in [5, 5.41) is 0. The molecule has 0 aromatic heterocycles. The van der Waals surface area contributed by atoms with Gasteiger partial charge in [-0.05, 0) is 8.57 Å². The van der Waals surface area contributed by atoms with Gasteiger partial charge in [0.2, 0.25) is 0 Å². The summed E-state index contributed by atoms with van der Waals surface area (Å²) in [6.45, 7) is 0. The van der Waals surface area contributed by atoms with E-state index in [-0.39, 0.29) is 0 Å². The highest BCUT2D eigenvalue weighted by Crippen LogP contribution is 1.92. The van der Waals surface area contributed by atoms with Gasteiger partial charge in [0.1, 0.15) is 0 Å². The molecule has 0 fully saturated rings. The zero-order chi connectivity index (χ0) is 5.91. The van der Waals surface area contributed by atoms with E-state index >= 15 is 0 Å². The number of nitrogens with two attached hydrogens (primary N) is 2. The largest absolute Gasteiger partial charge is 0.545 e. The molecule has 0 bridgehead atoms. The summed E-state index contributed by atoms with van der Waals surface area (Å²) < 4.78 is 24.4. The third-order valence-electron chi connectivity index (χ3n) is 0.243. The first kappa shape index (κ1) is 6.95. The van der Waals surface area contributed by atoms with E-state index in [9.17, 15) is 4.21 Å². The minimum atomic E-state index is -3.85. The van der Waals surface area contributed by atoms with E-state index < -0.39 is 10.8 Å². The molecule has 0 aromatic rings. The molecule has 44 valence electrons. The van der Waals surface area contributed by atoms with Crippen molar-refractivity contribution in [2.45, 2.75) is 0 Å². The number of hydrogen-bond acceptors (Lipinski definition) is 5. The Labute approximate surface area is 41.0 Å². The Balaban J connectivity index is 3.61. The Morgan fingerprint density at radius 2 is 1.71 bits per heavy atom. The molecule has 0 radical (unpaired) electrons. The molecule has 0 spiro atoms. The van der Waals surface area contributed by atoms with Gasteiger partial charge >= 0.3 is 10.8 Å². The summed E-state index contributed by atoms with van der Waals surface area (Å²) in [5.74, 6) is 8.37. The minimum absolute atomic E-state index is 3.32. The highest BCUT2D eigenvalue weighted by atomic mass is 32.3. The SMILES string of the molecule is NO[S+](=O)(O)ON. The van der Waals surface area contributed by atoms with E-state index in [2.05, 4.69) is 20.4 Å². The smallest absolute Gasteiger partial charge is 0.158 e. The Kier molecular flexibility index (Phi) is 2.29. The summed E-state index contributed by atoms with van der Waals surface area (Å²) >= 11 is 0. The van der Waals surface area contributed by atoms with E-state index in [0.29, 0.717) is 0 Å². The van der Waals surface area contributed by atoms with Crippen molar-refractivity contribution in [2.75, 3.05) is 0 Å². The van der Waals surface area contributed by atoms with E-state index in [1.165, 1.54) is 0 Å². The predicted octanol–water partition coefficient (Wildman–Crippen LogP) is -1.43. The van der Waals surface area contributed by atoms with Crippen LogP contribution in [0.25, 0.3) is 0 Å². The Hall–Kier alpha value is -0.0500. The van der Waals surface area contributed by atoms with Crippen LogP contribution in [0.1, 0.15) is 0 Å². The van der Waals surface area contributed by atoms with Crippen molar-refractivity contribution in [2.24, 2.45) is 11.8 Å². The molecule has 0 aromatic carbocycles. The first-order valence-corrected chi connectivity index (χ1v) is 2.52.